The van der Waals surface area contributed by atoms with E-state index < -0.39 is 5.60 Å². The summed E-state index contributed by atoms with van der Waals surface area (Å²) in [6.07, 6.45) is 4.76. The monoisotopic (exact) mass is 251 g/mol. The van der Waals surface area contributed by atoms with Crippen molar-refractivity contribution in [2.45, 2.75) is 38.8 Å². The van der Waals surface area contributed by atoms with E-state index in [9.17, 15) is 4.79 Å². The van der Waals surface area contributed by atoms with Gasteiger partial charge in [-0.2, -0.15) is 0 Å². The first-order chi connectivity index (χ1) is 8.60. The van der Waals surface area contributed by atoms with Crippen molar-refractivity contribution in [3.63, 3.8) is 0 Å². The van der Waals surface area contributed by atoms with Crippen molar-refractivity contribution in [2.75, 3.05) is 6.54 Å². The van der Waals surface area contributed by atoms with E-state index in [2.05, 4.69) is 20.8 Å². The molecule has 98 valence electrons. The van der Waals surface area contributed by atoms with Crippen LogP contribution in [0.1, 0.15) is 26.7 Å². The number of carbonyl (C=O) groups excluding carboxylic acids is 1. The van der Waals surface area contributed by atoms with Gasteiger partial charge in [0.25, 0.3) is 5.91 Å². The van der Waals surface area contributed by atoms with Gasteiger partial charge in [-0.05, 0) is 20.3 Å². The molecule has 2 heterocycles. The molecule has 1 atom stereocenters. The van der Waals surface area contributed by atoms with E-state index in [1.54, 1.807) is 24.0 Å². The molecule has 0 bridgehead atoms. The first kappa shape index (κ1) is 12.5. The number of nitrogens with one attached hydrogen (secondary N) is 1. The lowest BCUT2D eigenvalue weighted by atomic mass is 9.99. The van der Waals surface area contributed by atoms with Crippen molar-refractivity contribution in [1.82, 2.24) is 20.3 Å². The Labute approximate surface area is 105 Å². The lowest BCUT2D eigenvalue weighted by Crippen LogP contribution is -2.45. The van der Waals surface area contributed by atoms with Gasteiger partial charge in [-0.25, -0.2) is 0 Å². The average molecular weight is 251 g/mol. The largest absolute Gasteiger partial charge is 0.379 e. The molecule has 1 aromatic heterocycles. The number of aryl methyl sites for hydroxylation is 1. The highest BCUT2D eigenvalue weighted by Crippen LogP contribution is 2.23. The number of hydrogen-bond donors (Lipinski definition) is 1. The molecule has 1 amide bonds. The average Bonchev–Trinajstić information content (AvgIpc) is 2.95. The fourth-order valence-electron chi connectivity index (χ4n) is 1.84. The molecule has 1 aliphatic heterocycles. The fraction of sp³-hybridized carbons (Fsp3) is 0.636. The van der Waals surface area contributed by atoms with Gasteiger partial charge in [0.1, 0.15) is 0 Å². The number of rotatable bonds is 5. The van der Waals surface area contributed by atoms with Crippen LogP contribution in [0.25, 0.3) is 0 Å². The smallest absolute Gasteiger partial charge is 0.267 e. The van der Waals surface area contributed by atoms with Gasteiger partial charge >= 0.3 is 0 Å². The van der Waals surface area contributed by atoms with Gasteiger partial charge in [0.2, 0.25) is 5.60 Å². The predicted octanol–water partition coefficient (Wildman–Crippen LogP) is 0.339. The predicted molar refractivity (Wildman–Crippen MR) is 64.9 cm³/mol. The van der Waals surface area contributed by atoms with Gasteiger partial charge in [0.05, 0.1) is 11.9 Å². The van der Waals surface area contributed by atoms with Crippen LogP contribution < -0.4 is 5.32 Å². The zero-order valence-corrected chi connectivity index (χ0v) is 10.6. The highest BCUT2D eigenvalue weighted by Gasteiger charge is 2.40. The first-order valence-corrected chi connectivity index (χ1v) is 5.94. The molecule has 0 unspecified atom stereocenters. The molecule has 18 heavy (non-hydrogen) atoms. The van der Waals surface area contributed by atoms with Crippen LogP contribution in [0, 0.1) is 0 Å². The third-order valence-electron chi connectivity index (χ3n) is 2.80. The zero-order valence-electron chi connectivity index (χ0n) is 10.6. The summed E-state index contributed by atoms with van der Waals surface area (Å²) in [5, 5.41) is 14.2. The second-order valence-corrected chi connectivity index (χ2v) is 4.60. The van der Waals surface area contributed by atoms with Crippen LogP contribution in [-0.2, 0) is 16.2 Å². The molecule has 0 radical (unpaired) electrons. The summed E-state index contributed by atoms with van der Waals surface area (Å²) >= 11 is 0. The van der Waals surface area contributed by atoms with E-state index in [4.69, 9.17) is 4.84 Å². The first-order valence-electron chi connectivity index (χ1n) is 5.94. The second kappa shape index (κ2) is 5.16. The SMILES string of the molecule is CC1=NO[C@](C)(C(=O)NCCCn2ccnn2)C1. The minimum absolute atomic E-state index is 0.123. The Morgan fingerprint density at radius 3 is 3.11 bits per heavy atom. The highest BCUT2D eigenvalue weighted by molar-refractivity contribution is 5.94. The number of hydrogen-bond acceptors (Lipinski definition) is 5. The zero-order chi connectivity index (χ0) is 13.0. The molecule has 1 aliphatic rings. The normalized spacial score (nSPS) is 22.4. The van der Waals surface area contributed by atoms with E-state index in [0.717, 1.165) is 18.7 Å². The van der Waals surface area contributed by atoms with Crippen molar-refractivity contribution in [2.24, 2.45) is 5.16 Å². The lowest BCUT2D eigenvalue weighted by Gasteiger charge is -2.20. The molecule has 0 aromatic carbocycles. The number of oxime groups is 1. The lowest BCUT2D eigenvalue weighted by molar-refractivity contribution is -0.141. The van der Waals surface area contributed by atoms with Crippen LogP contribution in [0.15, 0.2) is 17.5 Å². The van der Waals surface area contributed by atoms with Gasteiger partial charge in [0, 0.05) is 25.7 Å². The summed E-state index contributed by atoms with van der Waals surface area (Å²) < 4.78 is 1.73. The van der Waals surface area contributed by atoms with Crippen molar-refractivity contribution in [3.05, 3.63) is 12.4 Å². The van der Waals surface area contributed by atoms with Crippen LogP contribution in [-0.4, -0.2) is 38.8 Å². The van der Waals surface area contributed by atoms with Gasteiger partial charge in [0.15, 0.2) is 0 Å². The molecule has 0 spiro atoms. The third kappa shape index (κ3) is 2.85. The van der Waals surface area contributed by atoms with Gasteiger partial charge in [-0.15, -0.1) is 5.10 Å². The maximum absolute atomic E-state index is 11.9. The fourth-order valence-corrected chi connectivity index (χ4v) is 1.84. The molecule has 0 fully saturated rings. The summed E-state index contributed by atoms with van der Waals surface area (Å²) in [5.74, 6) is -0.123. The maximum Gasteiger partial charge on any atom is 0.267 e. The minimum atomic E-state index is -0.850. The van der Waals surface area contributed by atoms with E-state index in [0.29, 0.717) is 13.0 Å². The third-order valence-corrected chi connectivity index (χ3v) is 2.80. The van der Waals surface area contributed by atoms with Gasteiger partial charge in [-0.3, -0.25) is 9.48 Å². The van der Waals surface area contributed by atoms with Crippen LogP contribution in [0.5, 0.6) is 0 Å². The van der Waals surface area contributed by atoms with Crippen LogP contribution >= 0.6 is 0 Å². The van der Waals surface area contributed by atoms with Crippen molar-refractivity contribution in [3.8, 4) is 0 Å². The van der Waals surface area contributed by atoms with Crippen molar-refractivity contribution < 1.29 is 9.63 Å². The summed E-state index contributed by atoms with van der Waals surface area (Å²) in [7, 11) is 0. The molecular weight excluding hydrogens is 234 g/mol. The van der Waals surface area contributed by atoms with Crippen LogP contribution in [0.2, 0.25) is 0 Å². The maximum atomic E-state index is 11.9. The topological polar surface area (TPSA) is 81.4 Å². The Balaban J connectivity index is 1.69. The Kier molecular flexibility index (Phi) is 3.59. The summed E-state index contributed by atoms with van der Waals surface area (Å²) in [4.78, 5) is 17.1. The molecule has 0 aliphatic carbocycles. The number of nitrogens with zero attached hydrogens (tertiary/aromatic N) is 4. The quantitative estimate of drug-likeness (QED) is 0.765. The molecule has 7 nitrogen and oxygen atoms in total. The molecule has 0 saturated carbocycles. The van der Waals surface area contributed by atoms with Crippen molar-refractivity contribution >= 4 is 11.6 Å². The molecular formula is C11H17N5O2. The Bertz CT molecular complexity index is 442. The summed E-state index contributed by atoms with van der Waals surface area (Å²) in [5.41, 5.74) is -0.00702. The van der Waals surface area contributed by atoms with Crippen LogP contribution in [0.4, 0.5) is 0 Å². The Morgan fingerprint density at radius 2 is 2.50 bits per heavy atom. The van der Waals surface area contributed by atoms with Crippen molar-refractivity contribution in [1.29, 1.82) is 0 Å². The summed E-state index contributed by atoms with van der Waals surface area (Å²) in [6, 6.07) is 0. The highest BCUT2D eigenvalue weighted by atomic mass is 16.7. The Hall–Kier alpha value is -1.92. The second-order valence-electron chi connectivity index (χ2n) is 4.60. The van der Waals surface area contributed by atoms with Gasteiger partial charge in [-0.1, -0.05) is 10.4 Å². The van der Waals surface area contributed by atoms with E-state index in [1.165, 1.54) is 0 Å². The van der Waals surface area contributed by atoms with E-state index in [-0.39, 0.29) is 5.91 Å². The number of carbonyl (C=O) groups is 1. The number of amides is 1. The van der Waals surface area contributed by atoms with E-state index in [1.807, 2.05) is 6.92 Å². The molecule has 2 rings (SSSR count). The molecule has 1 N–H and O–H groups in total. The number of aromatic nitrogens is 3. The molecule has 7 heteroatoms. The standard InChI is InChI=1S/C11H17N5O2/c1-9-8-11(2,18-14-9)10(17)12-4-3-6-16-7-5-13-15-16/h5,7H,3-4,6,8H2,1-2H3,(H,12,17)/t11-/m0/s1. The van der Waals surface area contributed by atoms with Gasteiger partial charge < -0.3 is 10.2 Å². The molecule has 0 saturated heterocycles. The Morgan fingerprint density at radius 1 is 1.67 bits per heavy atom. The minimum Gasteiger partial charge on any atom is -0.379 e. The molecule has 1 aromatic rings. The van der Waals surface area contributed by atoms with Crippen LogP contribution in [0.3, 0.4) is 0 Å². The summed E-state index contributed by atoms with van der Waals surface area (Å²) in [6.45, 7) is 4.91. The van der Waals surface area contributed by atoms with E-state index >= 15 is 0 Å².